The highest BCUT2D eigenvalue weighted by Crippen LogP contribution is 2.26. The zero-order valence-electron chi connectivity index (χ0n) is 11.7. The van der Waals surface area contributed by atoms with Gasteiger partial charge in [-0.2, -0.15) is 8.78 Å². The molecule has 0 atom stereocenters. The van der Waals surface area contributed by atoms with Crippen molar-refractivity contribution in [3.8, 4) is 11.5 Å². The molecule has 0 spiro atoms. The Bertz CT molecular complexity index is 708. The molecule has 0 saturated heterocycles. The summed E-state index contributed by atoms with van der Waals surface area (Å²) in [5.74, 6) is -3.59. The second-order valence-electron chi connectivity index (χ2n) is 4.69. The molecular weight excluding hydrogens is 406 g/mol. The van der Waals surface area contributed by atoms with Crippen LogP contribution in [0.1, 0.15) is 13.8 Å². The number of hydrogen-bond donors (Lipinski definition) is 0. The molecule has 0 unspecified atom stereocenters. The molecule has 0 fully saturated rings. The predicted octanol–water partition coefficient (Wildman–Crippen LogP) is 1.81. The molecule has 0 radical (unpaired) electrons. The van der Waals surface area contributed by atoms with Crippen LogP contribution in [0, 0.1) is 0 Å². The van der Waals surface area contributed by atoms with E-state index in [1.165, 1.54) is 13.8 Å². The third kappa shape index (κ3) is 4.94. The quantitative estimate of drug-likeness (QED) is 0.312. The lowest BCUT2D eigenvalue weighted by molar-refractivity contribution is -0.151. The number of hydrogen-bond acceptors (Lipinski definition) is 7. The maximum atomic E-state index is 12.9. The molecule has 1 aromatic carbocycles. The van der Waals surface area contributed by atoms with Crippen molar-refractivity contribution in [1.82, 2.24) is 0 Å². The summed E-state index contributed by atoms with van der Waals surface area (Å²) in [4.78, 5) is 22.6. The van der Waals surface area contributed by atoms with E-state index in [4.69, 9.17) is 4.74 Å². The van der Waals surface area contributed by atoms with Crippen LogP contribution in [0.5, 0.6) is 11.5 Å². The first-order valence-corrected chi connectivity index (χ1v) is 8.02. The van der Waals surface area contributed by atoms with Crippen molar-refractivity contribution in [2.75, 3.05) is 0 Å². The molecule has 23 heavy (non-hydrogen) atoms. The van der Waals surface area contributed by atoms with Crippen LogP contribution in [0.4, 0.5) is 8.78 Å². The fraction of sp³-hybridized carbons (Fsp3) is 0.333. The predicted molar refractivity (Wildman–Crippen MR) is 75.4 cm³/mol. The lowest BCUT2D eigenvalue weighted by Gasteiger charge is -2.18. The van der Waals surface area contributed by atoms with Crippen LogP contribution in [0.25, 0.3) is 0 Å². The fourth-order valence-electron chi connectivity index (χ4n) is 1.07. The van der Waals surface area contributed by atoms with Crippen molar-refractivity contribution >= 4 is 38.0 Å². The zero-order chi connectivity index (χ0) is 18.1. The van der Waals surface area contributed by atoms with E-state index in [0.29, 0.717) is 0 Å². The molecule has 7 nitrogen and oxygen atoms in total. The van der Waals surface area contributed by atoms with Crippen molar-refractivity contribution in [3.63, 3.8) is 0 Å². The van der Waals surface area contributed by atoms with Crippen LogP contribution in [0.3, 0.4) is 0 Å². The Morgan fingerprint density at radius 1 is 1.04 bits per heavy atom. The zero-order valence-corrected chi connectivity index (χ0v) is 14.1. The van der Waals surface area contributed by atoms with Gasteiger partial charge in [0.2, 0.25) is 0 Å². The fourth-order valence-corrected chi connectivity index (χ4v) is 1.40. The molecule has 0 aliphatic heterocycles. The average molecular weight is 416 g/mol. The van der Waals surface area contributed by atoms with E-state index >= 15 is 0 Å². The first-order valence-electron chi connectivity index (χ1n) is 5.82. The highest BCUT2D eigenvalue weighted by Gasteiger charge is 2.48. The molecular formula is C12H10BrF2O7S-. The second kappa shape index (κ2) is 6.49. The summed E-state index contributed by atoms with van der Waals surface area (Å²) in [6.45, 7) is 3.08. The SMILES string of the molecule is CC(C)(Br)C(=O)Oc1ccc(OC(=O)C(F)(F)S(=O)(=O)[O-])cc1. The van der Waals surface area contributed by atoms with Crippen LogP contribution < -0.4 is 9.47 Å². The van der Waals surface area contributed by atoms with E-state index in [1.807, 2.05) is 0 Å². The van der Waals surface area contributed by atoms with E-state index in [0.717, 1.165) is 24.3 Å². The van der Waals surface area contributed by atoms with Crippen molar-refractivity contribution in [2.45, 2.75) is 23.4 Å². The van der Waals surface area contributed by atoms with Gasteiger partial charge in [-0.1, -0.05) is 15.9 Å². The highest BCUT2D eigenvalue weighted by atomic mass is 79.9. The molecule has 0 bridgehead atoms. The molecule has 0 heterocycles. The largest absolute Gasteiger partial charge is 0.743 e. The van der Waals surface area contributed by atoms with Gasteiger partial charge in [-0.25, -0.2) is 13.2 Å². The van der Waals surface area contributed by atoms with E-state index in [1.54, 1.807) is 0 Å². The van der Waals surface area contributed by atoms with Crippen molar-refractivity contribution in [1.29, 1.82) is 0 Å². The third-order valence-corrected chi connectivity index (χ3v) is 3.40. The summed E-state index contributed by atoms with van der Waals surface area (Å²) >= 11 is 3.08. The molecule has 0 N–H and O–H groups in total. The van der Waals surface area contributed by atoms with Gasteiger partial charge in [0, 0.05) is 0 Å². The maximum Gasteiger partial charge on any atom is 0.429 e. The Morgan fingerprint density at radius 3 is 1.70 bits per heavy atom. The Labute approximate surface area is 138 Å². The van der Waals surface area contributed by atoms with Crippen molar-refractivity contribution in [3.05, 3.63) is 24.3 Å². The summed E-state index contributed by atoms with van der Waals surface area (Å²) in [6.07, 6.45) is 0. The number of ether oxygens (including phenoxy) is 2. The minimum atomic E-state index is -6.19. The molecule has 0 aromatic heterocycles. The molecule has 1 aromatic rings. The maximum absolute atomic E-state index is 12.9. The van der Waals surface area contributed by atoms with Gasteiger partial charge < -0.3 is 14.0 Å². The van der Waals surface area contributed by atoms with Crippen LogP contribution in [-0.4, -0.2) is 34.5 Å². The Balaban J connectivity index is 2.83. The molecule has 0 amide bonds. The summed E-state index contributed by atoms with van der Waals surface area (Å²) < 4.78 is 64.8. The smallest absolute Gasteiger partial charge is 0.429 e. The van der Waals surface area contributed by atoms with Crippen molar-refractivity contribution in [2.24, 2.45) is 0 Å². The van der Waals surface area contributed by atoms with Crippen LogP contribution in [-0.2, 0) is 19.7 Å². The van der Waals surface area contributed by atoms with Crippen molar-refractivity contribution < 1.29 is 40.8 Å². The summed E-state index contributed by atoms with van der Waals surface area (Å²) in [5, 5.41) is -5.21. The lowest BCUT2D eigenvalue weighted by atomic mass is 10.2. The number of benzene rings is 1. The van der Waals surface area contributed by atoms with Gasteiger partial charge in [-0.3, -0.25) is 4.79 Å². The molecule has 0 aliphatic carbocycles. The number of halogens is 3. The highest BCUT2D eigenvalue weighted by molar-refractivity contribution is 9.10. The average Bonchev–Trinajstić information content (AvgIpc) is 2.38. The lowest BCUT2D eigenvalue weighted by Crippen LogP contribution is -2.40. The summed E-state index contributed by atoms with van der Waals surface area (Å²) in [7, 11) is -6.19. The molecule has 1 rings (SSSR count). The number of esters is 2. The van der Waals surface area contributed by atoms with Gasteiger partial charge in [-0.05, 0) is 38.1 Å². The van der Waals surface area contributed by atoms with Gasteiger partial charge >= 0.3 is 17.2 Å². The minimum absolute atomic E-state index is 0.0329. The Kier molecular flexibility index (Phi) is 5.49. The Hall–Kier alpha value is -1.59. The second-order valence-corrected chi connectivity index (χ2v) is 8.10. The van der Waals surface area contributed by atoms with E-state index in [9.17, 15) is 31.3 Å². The first-order chi connectivity index (χ1) is 10.2. The summed E-state index contributed by atoms with van der Waals surface area (Å²) in [5.41, 5.74) is 0. The molecule has 128 valence electrons. The van der Waals surface area contributed by atoms with Gasteiger partial charge in [0.1, 0.15) is 15.8 Å². The monoisotopic (exact) mass is 415 g/mol. The topological polar surface area (TPSA) is 110 Å². The van der Waals surface area contributed by atoms with Gasteiger partial charge in [0.15, 0.2) is 10.1 Å². The van der Waals surface area contributed by atoms with Crippen LogP contribution in [0.2, 0.25) is 0 Å². The van der Waals surface area contributed by atoms with Crippen LogP contribution in [0.15, 0.2) is 24.3 Å². The minimum Gasteiger partial charge on any atom is -0.743 e. The van der Waals surface area contributed by atoms with Gasteiger partial charge in [0.05, 0.1) is 0 Å². The van der Waals surface area contributed by atoms with Gasteiger partial charge in [0.25, 0.3) is 0 Å². The van der Waals surface area contributed by atoms with E-state index < -0.39 is 37.4 Å². The number of rotatable bonds is 5. The van der Waals surface area contributed by atoms with E-state index in [2.05, 4.69) is 20.7 Å². The summed E-state index contributed by atoms with van der Waals surface area (Å²) in [6, 6.07) is 4.22. The molecule has 0 saturated carbocycles. The standard InChI is InChI=1S/C12H11BrF2O7S/c1-11(2,13)9(16)21-7-3-5-8(6-4-7)22-10(17)12(14,15)23(18,19)20/h3-6H,1-2H3,(H,18,19,20)/p-1. The van der Waals surface area contributed by atoms with Gasteiger partial charge in [-0.15, -0.1) is 0 Å². The van der Waals surface area contributed by atoms with E-state index in [-0.39, 0.29) is 5.75 Å². The Morgan fingerprint density at radius 2 is 1.39 bits per heavy atom. The number of alkyl halides is 3. The number of carbonyl (C=O) groups is 2. The van der Waals surface area contributed by atoms with Crippen LogP contribution >= 0.6 is 15.9 Å². The third-order valence-electron chi connectivity index (χ3n) is 2.28. The number of carbonyl (C=O) groups excluding carboxylic acids is 2. The molecule has 0 aliphatic rings. The normalized spacial score (nSPS) is 12.6. The molecule has 11 heteroatoms. The first kappa shape index (κ1) is 19.5.